The second-order valence-electron chi connectivity index (χ2n) is 10.1. The normalized spacial score (nSPS) is 19.5. The topological polar surface area (TPSA) is 183 Å². The number of H-pyrrole nitrogens is 1. The lowest BCUT2D eigenvalue weighted by Gasteiger charge is -2.33. The molecule has 4 rings (SSSR count). The van der Waals surface area contributed by atoms with Gasteiger partial charge in [-0.05, 0) is 29.9 Å². The minimum atomic E-state index is -0.909. The van der Waals surface area contributed by atoms with Gasteiger partial charge in [-0.1, -0.05) is 43.7 Å². The number of primary amides is 1. The zero-order chi connectivity index (χ0) is 28.3. The van der Waals surface area contributed by atoms with Crippen molar-refractivity contribution in [2.45, 2.75) is 70.6 Å². The van der Waals surface area contributed by atoms with E-state index < -0.39 is 42.3 Å². The van der Waals surface area contributed by atoms with E-state index in [9.17, 15) is 24.0 Å². The Bertz CT molecular complexity index is 1260. The van der Waals surface area contributed by atoms with Crippen LogP contribution in [-0.4, -0.2) is 75.0 Å². The van der Waals surface area contributed by atoms with Gasteiger partial charge in [0.15, 0.2) is 0 Å². The molecule has 0 saturated heterocycles. The summed E-state index contributed by atoms with van der Waals surface area (Å²) in [5.74, 6) is -2.84. The average molecular weight is 539 g/mol. The fourth-order valence-electron chi connectivity index (χ4n) is 5.31. The van der Waals surface area contributed by atoms with Crippen molar-refractivity contribution in [3.05, 3.63) is 41.2 Å². The van der Waals surface area contributed by atoms with E-state index in [1.807, 2.05) is 32.0 Å². The average Bonchev–Trinajstić information content (AvgIpc) is 3.54. The Morgan fingerprint density at radius 2 is 2.00 bits per heavy atom. The SMILES string of the molecule is CC[C@H](C)[C@@H](C(=O)N[C@H]1CCc2cccc3c2N(C1=O)[C@H](C(=O)NCc1c[nH]nn1)C3)N(C)C(=O)CC(N)=O. The molecule has 0 saturated carbocycles. The molecule has 13 nitrogen and oxygen atoms in total. The van der Waals surface area contributed by atoms with E-state index in [4.69, 9.17) is 5.73 Å². The summed E-state index contributed by atoms with van der Waals surface area (Å²) in [7, 11) is 1.45. The van der Waals surface area contributed by atoms with Crippen LogP contribution in [-0.2, 0) is 43.4 Å². The van der Waals surface area contributed by atoms with Gasteiger partial charge >= 0.3 is 0 Å². The van der Waals surface area contributed by atoms with Crippen LogP contribution in [0.3, 0.4) is 0 Å². The Kier molecular flexibility index (Phi) is 8.27. The van der Waals surface area contributed by atoms with Crippen molar-refractivity contribution in [1.29, 1.82) is 0 Å². The van der Waals surface area contributed by atoms with Crippen molar-refractivity contribution < 1.29 is 24.0 Å². The van der Waals surface area contributed by atoms with Crippen LogP contribution in [0, 0.1) is 5.92 Å². The lowest BCUT2D eigenvalue weighted by atomic mass is 9.95. The van der Waals surface area contributed by atoms with E-state index in [0.29, 0.717) is 37.1 Å². The van der Waals surface area contributed by atoms with Crippen molar-refractivity contribution >= 4 is 35.2 Å². The van der Waals surface area contributed by atoms with Gasteiger partial charge in [0.25, 0.3) is 0 Å². The van der Waals surface area contributed by atoms with Crippen LogP contribution >= 0.6 is 0 Å². The number of hydrogen-bond donors (Lipinski definition) is 4. The Morgan fingerprint density at radius 1 is 1.26 bits per heavy atom. The Morgan fingerprint density at radius 3 is 2.67 bits per heavy atom. The number of nitrogens with zero attached hydrogens (tertiary/aromatic N) is 4. The molecule has 4 atom stereocenters. The van der Waals surface area contributed by atoms with Crippen LogP contribution in [0.4, 0.5) is 5.69 Å². The molecular weight excluding hydrogens is 504 g/mol. The van der Waals surface area contributed by atoms with Crippen molar-refractivity contribution in [3.63, 3.8) is 0 Å². The first-order valence-corrected chi connectivity index (χ1v) is 13.0. The van der Waals surface area contributed by atoms with Gasteiger partial charge in [0.05, 0.1) is 12.2 Å². The number of rotatable bonds is 10. The first-order chi connectivity index (χ1) is 18.6. The van der Waals surface area contributed by atoms with Crippen molar-refractivity contribution in [3.8, 4) is 0 Å². The van der Waals surface area contributed by atoms with Crippen LogP contribution in [0.15, 0.2) is 24.4 Å². The molecule has 2 aromatic rings. The van der Waals surface area contributed by atoms with Gasteiger partial charge in [0.2, 0.25) is 29.5 Å². The van der Waals surface area contributed by atoms with Gasteiger partial charge in [0.1, 0.15) is 30.2 Å². The molecule has 0 bridgehead atoms. The predicted molar refractivity (Wildman–Crippen MR) is 140 cm³/mol. The van der Waals surface area contributed by atoms with Gasteiger partial charge in [-0.3, -0.25) is 34.0 Å². The highest BCUT2D eigenvalue weighted by Crippen LogP contribution is 2.39. The van der Waals surface area contributed by atoms with E-state index >= 15 is 0 Å². The molecule has 39 heavy (non-hydrogen) atoms. The summed E-state index contributed by atoms with van der Waals surface area (Å²) in [6, 6.07) is 3.13. The molecule has 208 valence electrons. The number of aryl methyl sites for hydroxylation is 1. The summed E-state index contributed by atoms with van der Waals surface area (Å²) < 4.78 is 0. The van der Waals surface area contributed by atoms with Crippen LogP contribution in [0.25, 0.3) is 0 Å². The van der Waals surface area contributed by atoms with Crippen molar-refractivity contribution in [2.24, 2.45) is 11.7 Å². The summed E-state index contributed by atoms with van der Waals surface area (Å²) in [6.45, 7) is 3.86. The third-order valence-electron chi connectivity index (χ3n) is 7.52. The molecule has 0 spiro atoms. The number of benzene rings is 1. The molecule has 5 amide bonds. The molecule has 1 aromatic heterocycles. The number of aromatic nitrogens is 3. The van der Waals surface area contributed by atoms with Crippen LogP contribution in [0.5, 0.6) is 0 Å². The van der Waals surface area contributed by atoms with E-state index in [-0.39, 0.29) is 24.3 Å². The summed E-state index contributed by atoms with van der Waals surface area (Å²) in [5, 5.41) is 15.8. The first kappa shape index (κ1) is 27.7. The molecule has 5 N–H and O–H groups in total. The minimum absolute atomic E-state index is 0.152. The van der Waals surface area contributed by atoms with Gasteiger partial charge in [-0.2, -0.15) is 0 Å². The van der Waals surface area contributed by atoms with Crippen molar-refractivity contribution in [2.75, 3.05) is 11.9 Å². The van der Waals surface area contributed by atoms with Gasteiger partial charge in [0, 0.05) is 19.7 Å². The number of aromatic amines is 1. The third kappa shape index (κ3) is 5.76. The number of nitrogens with one attached hydrogen (secondary N) is 3. The maximum absolute atomic E-state index is 13.9. The zero-order valence-electron chi connectivity index (χ0n) is 22.3. The summed E-state index contributed by atoms with van der Waals surface area (Å²) in [5.41, 5.74) is 8.28. The quantitative estimate of drug-likeness (QED) is 0.295. The number of likely N-dealkylation sites (N-methyl/N-ethyl adjacent to an activating group) is 1. The Balaban J connectivity index is 1.56. The van der Waals surface area contributed by atoms with E-state index in [1.165, 1.54) is 16.8 Å². The number of anilines is 1. The van der Waals surface area contributed by atoms with E-state index in [0.717, 1.165) is 11.1 Å². The van der Waals surface area contributed by atoms with Crippen molar-refractivity contribution in [1.82, 2.24) is 30.9 Å². The number of carbonyl (C=O) groups is 5. The Hall–Kier alpha value is -4.29. The molecule has 1 aromatic carbocycles. The number of para-hydroxylation sites is 1. The second-order valence-corrected chi connectivity index (χ2v) is 10.1. The fourth-order valence-corrected chi connectivity index (χ4v) is 5.31. The molecule has 3 heterocycles. The zero-order valence-corrected chi connectivity index (χ0v) is 22.3. The molecule has 0 unspecified atom stereocenters. The Labute approximate surface area is 225 Å². The summed E-state index contributed by atoms with van der Waals surface area (Å²) >= 11 is 0. The number of nitrogens with two attached hydrogens (primary N) is 1. The maximum Gasteiger partial charge on any atom is 0.250 e. The first-order valence-electron chi connectivity index (χ1n) is 13.0. The molecule has 0 radical (unpaired) electrons. The van der Waals surface area contributed by atoms with Gasteiger partial charge in [-0.25, -0.2) is 0 Å². The largest absolute Gasteiger partial charge is 0.369 e. The van der Waals surface area contributed by atoms with Crippen LogP contribution in [0.1, 0.15) is 49.9 Å². The molecule has 2 aliphatic rings. The monoisotopic (exact) mass is 538 g/mol. The predicted octanol–water partition coefficient (Wildman–Crippen LogP) is -0.442. The summed E-state index contributed by atoms with van der Waals surface area (Å²) in [4.78, 5) is 67.3. The molecular formula is C26H34N8O5. The van der Waals surface area contributed by atoms with Crippen LogP contribution in [0.2, 0.25) is 0 Å². The molecule has 13 heteroatoms. The summed E-state index contributed by atoms with van der Waals surface area (Å²) in [6.07, 6.45) is 2.84. The fraction of sp³-hybridized carbons (Fsp3) is 0.500. The van der Waals surface area contributed by atoms with E-state index in [1.54, 1.807) is 6.20 Å². The highest BCUT2D eigenvalue weighted by molar-refractivity contribution is 6.08. The van der Waals surface area contributed by atoms with E-state index in [2.05, 4.69) is 26.0 Å². The third-order valence-corrected chi connectivity index (χ3v) is 7.52. The standard InChI is InChI=1S/C26H34N8O5/c1-4-14(2)22(33(3)21(36)11-20(27)35)25(38)30-18-9-8-15-6-5-7-16-10-19(34(23(15)16)26(18)39)24(37)28-12-17-13-29-32-31-17/h5-7,13-14,18-19,22H,4,8-12H2,1-3H3,(H2,27,35)(H,28,37)(H,30,38)(H,29,31,32)/t14-,18-,19-,22-/m0/s1. The van der Waals surface area contributed by atoms with Gasteiger partial charge in [-0.15, -0.1) is 5.10 Å². The van der Waals surface area contributed by atoms with Gasteiger partial charge < -0.3 is 21.3 Å². The smallest absolute Gasteiger partial charge is 0.250 e. The minimum Gasteiger partial charge on any atom is -0.369 e. The van der Waals surface area contributed by atoms with Crippen LogP contribution < -0.4 is 21.3 Å². The molecule has 2 aliphatic heterocycles. The second kappa shape index (κ2) is 11.6. The number of amides is 5. The number of hydrogen-bond acceptors (Lipinski definition) is 7. The highest BCUT2D eigenvalue weighted by atomic mass is 16.2. The lowest BCUT2D eigenvalue weighted by molar-refractivity contribution is -0.143. The lowest BCUT2D eigenvalue weighted by Crippen LogP contribution is -2.58. The molecule has 0 fully saturated rings. The molecule has 0 aliphatic carbocycles. The number of carbonyl (C=O) groups excluding carboxylic acids is 5. The maximum atomic E-state index is 13.9. The highest BCUT2D eigenvalue weighted by Gasteiger charge is 2.44.